The first-order valence-electron chi connectivity index (χ1n) is 11.4. The Kier molecular flexibility index (Phi) is 6.15. The highest BCUT2D eigenvalue weighted by atomic mass is 16.5. The number of fused-ring (bicyclic) bond motifs is 4. The van der Waals surface area contributed by atoms with E-state index in [-0.39, 0.29) is 42.9 Å². The zero-order chi connectivity index (χ0) is 22.2. The third-order valence-corrected chi connectivity index (χ3v) is 6.87. The molecule has 0 bridgehead atoms. The van der Waals surface area contributed by atoms with E-state index in [9.17, 15) is 9.59 Å². The van der Waals surface area contributed by atoms with Crippen molar-refractivity contribution in [2.24, 2.45) is 5.92 Å². The van der Waals surface area contributed by atoms with E-state index in [2.05, 4.69) is 19.9 Å². The molecular formula is C24H33NO6. The molecule has 1 aromatic carbocycles. The molecule has 31 heavy (non-hydrogen) atoms. The van der Waals surface area contributed by atoms with E-state index < -0.39 is 11.6 Å². The van der Waals surface area contributed by atoms with Crippen molar-refractivity contribution in [2.75, 3.05) is 13.2 Å². The summed E-state index contributed by atoms with van der Waals surface area (Å²) in [5, 5.41) is 8.88. The fraction of sp³-hybridized carbons (Fsp3) is 0.667. The Labute approximate surface area is 183 Å². The quantitative estimate of drug-likeness (QED) is 0.734. The minimum absolute atomic E-state index is 0.00632. The van der Waals surface area contributed by atoms with Gasteiger partial charge < -0.3 is 24.2 Å². The lowest BCUT2D eigenvalue weighted by Crippen LogP contribution is -2.60. The van der Waals surface area contributed by atoms with E-state index in [0.717, 1.165) is 36.3 Å². The summed E-state index contributed by atoms with van der Waals surface area (Å²) < 4.78 is 19.0. The van der Waals surface area contributed by atoms with Gasteiger partial charge in [0.1, 0.15) is 5.60 Å². The Morgan fingerprint density at radius 1 is 1.29 bits per heavy atom. The minimum Gasteiger partial charge on any atom is -0.490 e. The normalized spacial score (nSPS) is 28.5. The summed E-state index contributed by atoms with van der Waals surface area (Å²) in [6, 6.07) is 5.98. The van der Waals surface area contributed by atoms with Crippen molar-refractivity contribution in [3.63, 3.8) is 0 Å². The van der Waals surface area contributed by atoms with Crippen molar-refractivity contribution < 1.29 is 28.9 Å². The van der Waals surface area contributed by atoms with Crippen molar-refractivity contribution >= 4 is 11.9 Å². The number of amides is 1. The summed E-state index contributed by atoms with van der Waals surface area (Å²) in [7, 11) is 0. The highest BCUT2D eigenvalue weighted by molar-refractivity contribution is 5.77. The number of piperidine rings is 1. The first kappa shape index (κ1) is 21.9. The van der Waals surface area contributed by atoms with Crippen LogP contribution in [0.1, 0.15) is 71.0 Å². The topological polar surface area (TPSA) is 85.3 Å². The van der Waals surface area contributed by atoms with E-state index in [1.54, 1.807) is 0 Å². The lowest BCUT2D eigenvalue weighted by Gasteiger charge is -2.54. The molecule has 0 aliphatic carbocycles. The number of carbonyl (C=O) groups excluding carboxylic acids is 1. The Morgan fingerprint density at radius 2 is 2.10 bits per heavy atom. The molecule has 0 unspecified atom stereocenters. The summed E-state index contributed by atoms with van der Waals surface area (Å²) in [6.07, 6.45) is 3.18. The molecule has 4 rings (SSSR count). The number of carboxylic acids is 1. The molecule has 4 atom stereocenters. The molecule has 2 saturated heterocycles. The van der Waals surface area contributed by atoms with Crippen molar-refractivity contribution in [1.82, 2.24) is 4.90 Å². The lowest BCUT2D eigenvalue weighted by molar-refractivity contribution is -0.193. The number of likely N-dealkylation sites (tertiary alicyclic amines) is 1. The molecule has 0 aromatic heterocycles. The maximum atomic E-state index is 12.9. The summed E-state index contributed by atoms with van der Waals surface area (Å²) in [5.74, 6) is 0.791. The molecule has 3 heterocycles. The second-order valence-corrected chi connectivity index (χ2v) is 9.29. The van der Waals surface area contributed by atoms with Gasteiger partial charge in [0, 0.05) is 30.9 Å². The van der Waals surface area contributed by atoms with Gasteiger partial charge in [-0.15, -0.1) is 0 Å². The third-order valence-electron chi connectivity index (χ3n) is 6.87. The highest BCUT2D eigenvalue weighted by Crippen LogP contribution is 2.54. The van der Waals surface area contributed by atoms with E-state index in [4.69, 9.17) is 19.3 Å². The Balaban J connectivity index is 1.57. The molecule has 3 aliphatic rings. The third kappa shape index (κ3) is 4.25. The van der Waals surface area contributed by atoms with Gasteiger partial charge in [-0.25, -0.2) is 0 Å². The number of carbonyl (C=O) groups is 2. The van der Waals surface area contributed by atoms with Crippen molar-refractivity contribution in [3.8, 4) is 11.5 Å². The summed E-state index contributed by atoms with van der Waals surface area (Å²) in [4.78, 5) is 25.7. The van der Waals surface area contributed by atoms with Gasteiger partial charge in [-0.1, -0.05) is 12.1 Å². The molecular weight excluding hydrogens is 398 g/mol. The molecule has 1 N–H and O–H groups in total. The first-order valence-corrected chi connectivity index (χ1v) is 11.4. The number of para-hydroxylation sites is 1. The predicted molar refractivity (Wildman–Crippen MR) is 114 cm³/mol. The van der Waals surface area contributed by atoms with Crippen LogP contribution < -0.4 is 9.47 Å². The van der Waals surface area contributed by atoms with Crippen LogP contribution in [0.3, 0.4) is 0 Å². The largest absolute Gasteiger partial charge is 0.490 e. The van der Waals surface area contributed by atoms with Gasteiger partial charge in [-0.05, 0) is 52.5 Å². The van der Waals surface area contributed by atoms with Crippen LogP contribution in [0.5, 0.6) is 11.5 Å². The number of rotatable bonds is 6. The molecule has 2 fully saturated rings. The van der Waals surface area contributed by atoms with Gasteiger partial charge in [-0.3, -0.25) is 9.59 Å². The van der Waals surface area contributed by atoms with Crippen LogP contribution in [0.15, 0.2) is 18.2 Å². The van der Waals surface area contributed by atoms with Crippen molar-refractivity contribution in [3.05, 3.63) is 23.8 Å². The summed E-state index contributed by atoms with van der Waals surface area (Å²) >= 11 is 0. The molecule has 7 nitrogen and oxygen atoms in total. The SMILES string of the molecule is CCOc1cccc2c1OC(C)(C)[C@@H]1C[C@@H]3[C@@H](CCCN3C(=O)CCCC(=O)O)O[C@@H]21. The second kappa shape index (κ2) is 8.69. The van der Waals surface area contributed by atoms with E-state index in [1.165, 1.54) is 0 Å². The van der Waals surface area contributed by atoms with E-state index >= 15 is 0 Å². The van der Waals surface area contributed by atoms with Crippen LogP contribution in [0.25, 0.3) is 0 Å². The predicted octanol–water partition coefficient (Wildman–Crippen LogP) is 3.95. The number of hydrogen-bond acceptors (Lipinski definition) is 5. The maximum Gasteiger partial charge on any atom is 0.303 e. The molecule has 0 saturated carbocycles. The standard InChI is InChI=1S/C24H33NO6/c1-4-29-19-9-5-8-15-22-16(24(2,3)31-23(15)19)14-17-18(30-22)10-7-13-25(17)20(26)11-6-12-21(27)28/h5,8-9,16-18,22H,4,6-7,10-14H2,1-3H3,(H,27,28)/t16-,17-,18-,22+/m1/s1. The molecule has 1 amide bonds. The summed E-state index contributed by atoms with van der Waals surface area (Å²) in [5.41, 5.74) is 0.560. The van der Waals surface area contributed by atoms with Gasteiger partial charge >= 0.3 is 5.97 Å². The number of carboxylic acid groups (broad SMARTS) is 1. The van der Waals surface area contributed by atoms with Crippen molar-refractivity contribution in [1.29, 1.82) is 0 Å². The average Bonchev–Trinajstić information content (AvgIpc) is 2.72. The van der Waals surface area contributed by atoms with Crippen molar-refractivity contribution in [2.45, 2.75) is 83.1 Å². The molecule has 3 aliphatic heterocycles. The second-order valence-electron chi connectivity index (χ2n) is 9.29. The number of aliphatic carboxylic acids is 1. The first-order chi connectivity index (χ1) is 14.8. The average molecular weight is 432 g/mol. The monoisotopic (exact) mass is 431 g/mol. The van der Waals surface area contributed by atoms with Crippen LogP contribution in [0.4, 0.5) is 0 Å². The number of hydrogen-bond donors (Lipinski definition) is 1. The fourth-order valence-corrected chi connectivity index (χ4v) is 5.38. The van der Waals surface area contributed by atoms with E-state index in [0.29, 0.717) is 19.6 Å². The molecule has 170 valence electrons. The minimum atomic E-state index is -0.862. The smallest absolute Gasteiger partial charge is 0.303 e. The van der Waals surface area contributed by atoms with E-state index in [1.807, 2.05) is 24.0 Å². The molecule has 7 heteroatoms. The molecule has 0 radical (unpaired) electrons. The van der Waals surface area contributed by atoms with Gasteiger partial charge in [0.2, 0.25) is 5.91 Å². The number of ether oxygens (including phenoxy) is 3. The number of benzene rings is 1. The highest BCUT2D eigenvalue weighted by Gasteiger charge is 2.53. The van der Waals surface area contributed by atoms with Gasteiger partial charge in [-0.2, -0.15) is 0 Å². The van der Waals surface area contributed by atoms with Gasteiger partial charge in [0.15, 0.2) is 11.5 Å². The zero-order valence-electron chi connectivity index (χ0n) is 18.6. The fourth-order valence-electron chi connectivity index (χ4n) is 5.38. The lowest BCUT2D eigenvalue weighted by atomic mass is 9.72. The number of nitrogens with zero attached hydrogens (tertiary/aromatic N) is 1. The molecule has 1 aromatic rings. The summed E-state index contributed by atoms with van der Waals surface area (Å²) in [6.45, 7) is 7.41. The van der Waals surface area contributed by atoms with Crippen LogP contribution in [-0.2, 0) is 14.3 Å². The Bertz CT molecular complexity index is 837. The maximum absolute atomic E-state index is 12.9. The van der Waals surface area contributed by atoms with Gasteiger partial charge in [0.25, 0.3) is 0 Å². The molecule has 0 spiro atoms. The Hall–Kier alpha value is -2.28. The Morgan fingerprint density at radius 3 is 2.84 bits per heavy atom. The van der Waals surface area contributed by atoms with Crippen LogP contribution in [0, 0.1) is 5.92 Å². The van der Waals surface area contributed by atoms with Crippen LogP contribution in [0.2, 0.25) is 0 Å². The van der Waals surface area contributed by atoms with Crippen LogP contribution >= 0.6 is 0 Å². The van der Waals surface area contributed by atoms with Gasteiger partial charge in [0.05, 0.1) is 24.9 Å². The zero-order valence-corrected chi connectivity index (χ0v) is 18.6. The van der Waals surface area contributed by atoms with Crippen LogP contribution in [-0.4, -0.2) is 52.8 Å².